The minimum atomic E-state index is 0.0250. The summed E-state index contributed by atoms with van der Waals surface area (Å²) in [6.07, 6.45) is 1.84. The van der Waals surface area contributed by atoms with Crippen LogP contribution in [-0.4, -0.2) is 28.7 Å². The first kappa shape index (κ1) is 11.9. The number of anilines is 1. The van der Waals surface area contributed by atoms with Gasteiger partial charge in [0.05, 0.1) is 17.4 Å². The van der Waals surface area contributed by atoms with Crippen molar-refractivity contribution >= 4 is 16.7 Å². The molecule has 0 aliphatic carbocycles. The number of aryl methyl sites for hydroxylation is 1. The predicted octanol–water partition coefficient (Wildman–Crippen LogP) is 1.98. The number of fused-ring (bicyclic) bond motifs is 1. The molecule has 2 aromatic rings. The molecule has 4 nitrogen and oxygen atoms in total. The normalized spacial score (nSPS) is 12.0. The van der Waals surface area contributed by atoms with Crippen molar-refractivity contribution < 1.29 is 0 Å². The predicted molar refractivity (Wildman–Crippen MR) is 72.3 cm³/mol. The second kappa shape index (κ2) is 4.37. The molecule has 1 aromatic carbocycles. The molecule has 0 aliphatic rings. The van der Waals surface area contributed by atoms with Crippen molar-refractivity contribution in [2.45, 2.75) is 19.4 Å². The molecule has 92 valence electrons. The van der Waals surface area contributed by atoms with Crippen molar-refractivity contribution in [2.24, 2.45) is 7.05 Å². The molecule has 0 saturated heterocycles. The van der Waals surface area contributed by atoms with E-state index in [1.165, 1.54) is 0 Å². The van der Waals surface area contributed by atoms with E-state index in [0.717, 1.165) is 23.3 Å². The first-order valence-electron chi connectivity index (χ1n) is 5.86. The van der Waals surface area contributed by atoms with Gasteiger partial charge in [0, 0.05) is 24.8 Å². The highest BCUT2D eigenvalue weighted by Crippen LogP contribution is 2.20. The summed E-state index contributed by atoms with van der Waals surface area (Å²) in [4.78, 5) is 4.36. The van der Waals surface area contributed by atoms with Crippen LogP contribution in [0.1, 0.15) is 13.8 Å². The van der Waals surface area contributed by atoms with Crippen molar-refractivity contribution in [1.82, 2.24) is 14.9 Å². The van der Waals surface area contributed by atoms with Gasteiger partial charge < -0.3 is 15.2 Å². The SMILES string of the molecule is CNCC(C)(C)Nc1ccc2c(c1)ncn2C. The van der Waals surface area contributed by atoms with Crippen LogP contribution in [0, 0.1) is 0 Å². The summed E-state index contributed by atoms with van der Waals surface area (Å²) in [5, 5.41) is 6.70. The highest BCUT2D eigenvalue weighted by molar-refractivity contribution is 5.79. The lowest BCUT2D eigenvalue weighted by molar-refractivity contribution is 0.530. The fraction of sp³-hybridized carbons (Fsp3) is 0.462. The van der Waals surface area contributed by atoms with Gasteiger partial charge in [0.2, 0.25) is 0 Å². The van der Waals surface area contributed by atoms with E-state index in [-0.39, 0.29) is 5.54 Å². The van der Waals surface area contributed by atoms with Crippen LogP contribution < -0.4 is 10.6 Å². The summed E-state index contributed by atoms with van der Waals surface area (Å²) >= 11 is 0. The van der Waals surface area contributed by atoms with Crippen LogP contribution in [0.4, 0.5) is 5.69 Å². The molecular formula is C13H20N4. The van der Waals surface area contributed by atoms with Crippen molar-refractivity contribution in [3.63, 3.8) is 0 Å². The third-order valence-corrected chi connectivity index (χ3v) is 2.83. The van der Waals surface area contributed by atoms with E-state index in [1.807, 2.05) is 25.0 Å². The minimum absolute atomic E-state index is 0.0250. The van der Waals surface area contributed by atoms with E-state index in [1.54, 1.807) is 0 Å². The maximum absolute atomic E-state index is 4.36. The first-order valence-corrected chi connectivity index (χ1v) is 5.86. The zero-order chi connectivity index (χ0) is 12.5. The molecule has 0 radical (unpaired) electrons. The largest absolute Gasteiger partial charge is 0.379 e. The quantitative estimate of drug-likeness (QED) is 0.847. The fourth-order valence-corrected chi connectivity index (χ4v) is 2.09. The van der Waals surface area contributed by atoms with Gasteiger partial charge in [-0.2, -0.15) is 0 Å². The van der Waals surface area contributed by atoms with Gasteiger partial charge in [-0.25, -0.2) is 4.98 Å². The summed E-state index contributed by atoms with van der Waals surface area (Å²) in [7, 11) is 3.97. The standard InChI is InChI=1S/C13H20N4/c1-13(2,8-14-3)16-10-5-6-12-11(7-10)15-9-17(12)4/h5-7,9,14,16H,8H2,1-4H3. The number of likely N-dealkylation sites (N-methyl/N-ethyl adjacent to an activating group) is 1. The highest BCUT2D eigenvalue weighted by Gasteiger charge is 2.16. The Morgan fingerprint density at radius 1 is 1.35 bits per heavy atom. The molecule has 1 aromatic heterocycles. The molecule has 17 heavy (non-hydrogen) atoms. The number of nitrogens with one attached hydrogen (secondary N) is 2. The highest BCUT2D eigenvalue weighted by atomic mass is 15.0. The lowest BCUT2D eigenvalue weighted by Crippen LogP contribution is -2.40. The van der Waals surface area contributed by atoms with E-state index in [0.29, 0.717) is 0 Å². The molecule has 2 N–H and O–H groups in total. The van der Waals surface area contributed by atoms with Gasteiger partial charge in [0.15, 0.2) is 0 Å². The fourth-order valence-electron chi connectivity index (χ4n) is 2.09. The molecule has 1 heterocycles. The van der Waals surface area contributed by atoms with Crippen LogP contribution in [0.15, 0.2) is 24.5 Å². The topological polar surface area (TPSA) is 41.9 Å². The Bertz CT molecular complexity index is 513. The number of hydrogen-bond donors (Lipinski definition) is 2. The Morgan fingerprint density at radius 2 is 2.12 bits per heavy atom. The van der Waals surface area contributed by atoms with Crippen LogP contribution in [0.3, 0.4) is 0 Å². The van der Waals surface area contributed by atoms with Crippen molar-refractivity contribution in [2.75, 3.05) is 18.9 Å². The first-order chi connectivity index (χ1) is 8.02. The summed E-state index contributed by atoms with van der Waals surface area (Å²) in [5.74, 6) is 0. The van der Waals surface area contributed by atoms with Crippen LogP contribution in [-0.2, 0) is 7.05 Å². The number of hydrogen-bond acceptors (Lipinski definition) is 3. The van der Waals surface area contributed by atoms with Crippen molar-refractivity contribution in [3.05, 3.63) is 24.5 Å². The monoisotopic (exact) mass is 232 g/mol. The second-order valence-corrected chi connectivity index (χ2v) is 5.10. The third kappa shape index (κ3) is 2.58. The Balaban J connectivity index is 2.25. The lowest BCUT2D eigenvalue weighted by Gasteiger charge is -2.27. The zero-order valence-electron chi connectivity index (χ0n) is 10.9. The Kier molecular flexibility index (Phi) is 3.07. The summed E-state index contributed by atoms with van der Waals surface area (Å²) < 4.78 is 2.03. The molecule has 0 atom stereocenters. The molecule has 4 heteroatoms. The number of nitrogens with zero attached hydrogens (tertiary/aromatic N) is 2. The minimum Gasteiger partial charge on any atom is -0.379 e. The average Bonchev–Trinajstić information content (AvgIpc) is 2.59. The summed E-state index contributed by atoms with van der Waals surface area (Å²) in [6, 6.07) is 6.29. The van der Waals surface area contributed by atoms with Crippen LogP contribution >= 0.6 is 0 Å². The molecule has 0 amide bonds. The number of benzene rings is 1. The van der Waals surface area contributed by atoms with Gasteiger partial charge in [-0.3, -0.25) is 0 Å². The number of rotatable bonds is 4. The molecule has 2 rings (SSSR count). The maximum Gasteiger partial charge on any atom is 0.0955 e. The molecule has 0 spiro atoms. The van der Waals surface area contributed by atoms with Crippen LogP contribution in [0.25, 0.3) is 11.0 Å². The second-order valence-electron chi connectivity index (χ2n) is 5.10. The molecule has 0 saturated carbocycles. The molecule has 0 fully saturated rings. The number of imidazole rings is 1. The maximum atomic E-state index is 4.36. The van der Waals surface area contributed by atoms with Crippen molar-refractivity contribution in [3.8, 4) is 0 Å². The lowest BCUT2D eigenvalue weighted by atomic mass is 10.1. The smallest absolute Gasteiger partial charge is 0.0955 e. The molecule has 0 unspecified atom stereocenters. The van der Waals surface area contributed by atoms with E-state index < -0.39 is 0 Å². The van der Waals surface area contributed by atoms with E-state index in [2.05, 4.69) is 47.7 Å². The zero-order valence-corrected chi connectivity index (χ0v) is 10.9. The van der Waals surface area contributed by atoms with Gasteiger partial charge in [-0.15, -0.1) is 0 Å². The average molecular weight is 232 g/mol. The van der Waals surface area contributed by atoms with Gasteiger partial charge in [-0.1, -0.05) is 0 Å². The third-order valence-electron chi connectivity index (χ3n) is 2.83. The number of aromatic nitrogens is 2. The Labute approximate surface area is 102 Å². The summed E-state index contributed by atoms with van der Waals surface area (Å²) in [6.45, 7) is 5.26. The molecular weight excluding hydrogens is 212 g/mol. The summed E-state index contributed by atoms with van der Waals surface area (Å²) in [5.41, 5.74) is 3.31. The molecule has 0 bridgehead atoms. The van der Waals surface area contributed by atoms with Crippen molar-refractivity contribution in [1.29, 1.82) is 0 Å². The van der Waals surface area contributed by atoms with Crippen LogP contribution in [0.2, 0.25) is 0 Å². The van der Waals surface area contributed by atoms with Gasteiger partial charge in [0.25, 0.3) is 0 Å². The Morgan fingerprint density at radius 3 is 2.82 bits per heavy atom. The van der Waals surface area contributed by atoms with E-state index in [9.17, 15) is 0 Å². The molecule has 0 aliphatic heterocycles. The van der Waals surface area contributed by atoms with Gasteiger partial charge >= 0.3 is 0 Å². The van der Waals surface area contributed by atoms with Gasteiger partial charge in [0.1, 0.15) is 0 Å². The van der Waals surface area contributed by atoms with Crippen LogP contribution in [0.5, 0.6) is 0 Å². The van der Waals surface area contributed by atoms with Gasteiger partial charge in [-0.05, 0) is 39.1 Å². The Hall–Kier alpha value is -1.55. The van der Waals surface area contributed by atoms with E-state index in [4.69, 9.17) is 0 Å². The van der Waals surface area contributed by atoms with E-state index >= 15 is 0 Å².